The number of hydrogen-bond acceptors (Lipinski definition) is 14. The van der Waals surface area contributed by atoms with Crippen LogP contribution in [-0.4, -0.2) is 73.9 Å². The summed E-state index contributed by atoms with van der Waals surface area (Å²) in [4.78, 5) is 53.0. The van der Waals surface area contributed by atoms with E-state index in [1.807, 2.05) is 4.72 Å². The number of ketones is 2. The number of alkyl halides is 6. The number of anilines is 4. The Morgan fingerprint density at radius 3 is 1.76 bits per heavy atom. The Bertz CT molecular complexity index is 3300. The highest BCUT2D eigenvalue weighted by molar-refractivity contribution is 7.93. The van der Waals surface area contributed by atoms with Crippen molar-refractivity contribution in [3.05, 3.63) is 151 Å². The average Bonchev–Trinajstić information content (AvgIpc) is 3.27. The van der Waals surface area contributed by atoms with Gasteiger partial charge in [-0.15, -0.1) is 0 Å². The molecular formula is C43H34Cl4F6N8O9S2. The zero-order valence-electron chi connectivity index (χ0n) is 37.0. The molecule has 0 fully saturated rings. The van der Waals surface area contributed by atoms with Gasteiger partial charge in [-0.3, -0.25) is 19.6 Å². The van der Waals surface area contributed by atoms with Gasteiger partial charge < -0.3 is 15.2 Å². The molecule has 2 aromatic carbocycles. The maximum Gasteiger partial charge on any atom is 0.417 e. The molecule has 17 nitrogen and oxygen atoms in total. The number of sulfonamides is 2. The summed E-state index contributed by atoms with van der Waals surface area (Å²) in [6, 6.07) is 11.7. The minimum absolute atomic E-state index is 0.0273. The number of nitrogens with two attached hydrogens (primary N) is 1. The molecule has 0 saturated heterocycles. The van der Waals surface area contributed by atoms with Crippen LogP contribution in [0.3, 0.4) is 0 Å². The van der Waals surface area contributed by atoms with E-state index in [-0.39, 0.29) is 44.2 Å². The van der Waals surface area contributed by atoms with Crippen LogP contribution in [0.2, 0.25) is 20.1 Å². The fourth-order valence-electron chi connectivity index (χ4n) is 5.93. The number of pyridine rings is 4. The number of amides is 1. The summed E-state index contributed by atoms with van der Waals surface area (Å²) in [5.41, 5.74) is 0.217. The highest BCUT2D eigenvalue weighted by Gasteiger charge is 2.38. The van der Waals surface area contributed by atoms with Crippen molar-refractivity contribution in [2.75, 3.05) is 33.9 Å². The smallest absolute Gasteiger partial charge is 0.417 e. The van der Waals surface area contributed by atoms with E-state index in [4.69, 9.17) is 61.6 Å². The first-order valence-electron chi connectivity index (χ1n) is 19.7. The SMILES string of the molecule is COCN(c1cc(Cl)cnc1C(=O)c1cccnc1NC(=O)OC(C)(C)C)S(=O)(=O)c1ccc(Cl)c(C(F)(F)F)c1.Nc1ncccc1C(=O)c1ncc(Cl)cc1NS(=O)(=O)c1ccc(Cl)c(C(F)(F)F)c1. The van der Waals surface area contributed by atoms with Gasteiger partial charge in [-0.1, -0.05) is 46.4 Å². The summed E-state index contributed by atoms with van der Waals surface area (Å²) in [5.74, 6) is -2.01. The quantitative estimate of drug-likeness (QED) is 0.0554. The van der Waals surface area contributed by atoms with Gasteiger partial charge in [0.2, 0.25) is 11.6 Å². The molecule has 1 amide bonds. The van der Waals surface area contributed by atoms with Gasteiger partial charge in [-0.25, -0.2) is 45.9 Å². The summed E-state index contributed by atoms with van der Waals surface area (Å²) in [7, 11) is -8.28. The second-order valence-electron chi connectivity index (χ2n) is 15.3. The molecule has 0 saturated carbocycles. The van der Waals surface area contributed by atoms with Gasteiger partial charge in [0.25, 0.3) is 20.0 Å². The number of nitrogens with zero attached hydrogens (tertiary/aromatic N) is 5. The van der Waals surface area contributed by atoms with Crippen LogP contribution in [0.15, 0.2) is 107 Å². The molecule has 382 valence electrons. The molecule has 0 aliphatic rings. The molecule has 0 radical (unpaired) electrons. The number of rotatable bonds is 13. The predicted molar refractivity (Wildman–Crippen MR) is 253 cm³/mol. The van der Waals surface area contributed by atoms with Crippen molar-refractivity contribution < 1.29 is 67.0 Å². The molecule has 4 N–H and O–H groups in total. The number of aromatic nitrogens is 4. The number of hydrogen-bond donors (Lipinski definition) is 3. The monoisotopic (exact) mass is 1120 g/mol. The van der Waals surface area contributed by atoms with Gasteiger partial charge in [-0.05, 0) is 93.6 Å². The summed E-state index contributed by atoms with van der Waals surface area (Å²) in [6.07, 6.45) is -5.93. The first-order chi connectivity index (χ1) is 33.3. The standard InChI is InChI=1S/C25H23Cl2F3N4O6S.C18H11Cl2F3N4O3S/c1-24(2,3)40-23(36)33-22-16(6-5-9-31-22)21(35)20-19(10-14(26)12-32-20)34(13-39-4)41(37,38)15-7-8-18(27)17(11-15)25(28,29)30;19-9-6-14(15(26-8-9)16(28)11-2-1-5-25-17(11)24)27-31(29,30)10-3-4-13(20)12(7-10)18(21,22)23/h5-12H,13H2,1-4H3,(H,31,33,36);1-8,27H,(H2,24,25). The molecule has 0 spiro atoms. The van der Waals surface area contributed by atoms with Crippen LogP contribution in [0.5, 0.6) is 0 Å². The predicted octanol–water partition coefficient (Wildman–Crippen LogP) is 10.6. The summed E-state index contributed by atoms with van der Waals surface area (Å²) >= 11 is 23.2. The molecule has 72 heavy (non-hydrogen) atoms. The van der Waals surface area contributed by atoms with Crippen LogP contribution in [0.4, 0.5) is 54.1 Å². The van der Waals surface area contributed by atoms with Crippen LogP contribution in [-0.2, 0) is 41.9 Å². The van der Waals surface area contributed by atoms with E-state index in [0.29, 0.717) is 16.4 Å². The van der Waals surface area contributed by atoms with Gasteiger partial charge in [0.05, 0.1) is 63.5 Å². The van der Waals surface area contributed by atoms with Crippen molar-refractivity contribution in [2.45, 2.75) is 48.5 Å². The maximum atomic E-state index is 13.7. The van der Waals surface area contributed by atoms with E-state index in [0.717, 1.165) is 55.9 Å². The van der Waals surface area contributed by atoms with Crippen LogP contribution >= 0.6 is 46.4 Å². The fraction of sp³-hybridized carbons (Fsp3) is 0.186. The summed E-state index contributed by atoms with van der Waals surface area (Å²) in [5, 5.41) is 0.857. The molecule has 0 atom stereocenters. The minimum Gasteiger partial charge on any atom is -0.444 e. The van der Waals surface area contributed by atoms with Gasteiger partial charge in [0, 0.05) is 31.9 Å². The number of carbonyl (C=O) groups is 3. The lowest BCUT2D eigenvalue weighted by Crippen LogP contribution is -2.34. The zero-order valence-corrected chi connectivity index (χ0v) is 41.7. The third-order valence-corrected chi connectivity index (χ3v) is 13.2. The lowest BCUT2D eigenvalue weighted by atomic mass is 10.1. The highest BCUT2D eigenvalue weighted by atomic mass is 35.5. The van der Waals surface area contributed by atoms with Gasteiger partial charge in [0.15, 0.2) is 0 Å². The van der Waals surface area contributed by atoms with Crippen LogP contribution in [0.25, 0.3) is 0 Å². The third-order valence-electron chi connectivity index (χ3n) is 9.02. The zero-order chi connectivity index (χ0) is 53.7. The van der Waals surface area contributed by atoms with E-state index in [1.165, 1.54) is 36.7 Å². The third kappa shape index (κ3) is 13.8. The second-order valence-corrected chi connectivity index (χ2v) is 20.6. The second kappa shape index (κ2) is 22.2. The van der Waals surface area contributed by atoms with Crippen LogP contribution < -0.4 is 20.1 Å². The number of carbonyl (C=O) groups excluding carboxylic acids is 3. The largest absolute Gasteiger partial charge is 0.444 e. The molecule has 4 heterocycles. The molecule has 6 rings (SSSR count). The molecule has 0 aliphatic heterocycles. The molecule has 6 aromatic rings. The van der Waals surface area contributed by atoms with E-state index in [9.17, 15) is 57.6 Å². The maximum absolute atomic E-state index is 13.7. The normalized spacial score (nSPS) is 12.0. The molecule has 0 unspecified atom stereocenters. The molecule has 4 aromatic heterocycles. The number of halogens is 10. The van der Waals surface area contributed by atoms with Gasteiger partial charge >= 0.3 is 18.4 Å². The van der Waals surface area contributed by atoms with Crippen molar-refractivity contribution in [1.29, 1.82) is 0 Å². The van der Waals surface area contributed by atoms with E-state index in [1.54, 1.807) is 20.8 Å². The van der Waals surface area contributed by atoms with E-state index >= 15 is 0 Å². The van der Waals surface area contributed by atoms with Crippen molar-refractivity contribution in [3.63, 3.8) is 0 Å². The van der Waals surface area contributed by atoms with Gasteiger partial charge in [0.1, 0.15) is 35.4 Å². The number of ether oxygens (including phenoxy) is 2. The van der Waals surface area contributed by atoms with Crippen molar-refractivity contribution in [2.24, 2.45) is 0 Å². The first kappa shape index (κ1) is 56.6. The minimum atomic E-state index is -4.95. The van der Waals surface area contributed by atoms with Crippen LogP contribution in [0, 0.1) is 0 Å². The summed E-state index contributed by atoms with van der Waals surface area (Å²) < 4.78 is 145. The Balaban J connectivity index is 0.000000278. The number of methoxy groups -OCH3 is 1. The lowest BCUT2D eigenvalue weighted by molar-refractivity contribution is -0.138. The molecular weight excluding hydrogens is 1090 g/mol. The highest BCUT2D eigenvalue weighted by Crippen LogP contribution is 2.39. The Morgan fingerprint density at radius 1 is 0.694 bits per heavy atom. The Hall–Kier alpha value is -6.35. The number of nitrogen functional groups attached to an aromatic ring is 1. The van der Waals surface area contributed by atoms with Gasteiger partial charge in [-0.2, -0.15) is 26.3 Å². The topological polar surface area (TPSA) is 243 Å². The van der Waals surface area contributed by atoms with Crippen LogP contribution in [0.1, 0.15) is 64.0 Å². The van der Waals surface area contributed by atoms with E-state index < -0.39 is 105 Å². The average molecular weight is 1130 g/mol. The molecule has 0 aliphatic carbocycles. The molecule has 29 heteroatoms. The fourth-order valence-corrected chi connectivity index (χ4v) is 9.18. The summed E-state index contributed by atoms with van der Waals surface area (Å²) in [6.45, 7) is 4.14. The number of nitrogens with one attached hydrogen (secondary N) is 2. The van der Waals surface area contributed by atoms with Crippen molar-refractivity contribution in [1.82, 2.24) is 19.9 Å². The first-order valence-corrected chi connectivity index (χ1v) is 24.1. The van der Waals surface area contributed by atoms with Crippen molar-refractivity contribution in [3.8, 4) is 0 Å². The van der Waals surface area contributed by atoms with Crippen molar-refractivity contribution >= 4 is 107 Å². The van der Waals surface area contributed by atoms with E-state index in [2.05, 4.69) is 25.3 Å². The Morgan fingerprint density at radius 2 is 1.21 bits per heavy atom. The lowest BCUT2D eigenvalue weighted by Gasteiger charge is -2.26. The molecule has 0 bridgehead atoms. The Kier molecular flexibility index (Phi) is 17.4. The number of benzene rings is 2. The Labute approximate surface area is 425 Å².